The van der Waals surface area contributed by atoms with E-state index in [1.165, 1.54) is 5.56 Å². The first-order valence-corrected chi connectivity index (χ1v) is 11.6. The molecular weight excluding hydrogens is 396 g/mol. The van der Waals surface area contributed by atoms with E-state index in [0.29, 0.717) is 24.3 Å². The molecule has 3 N–H and O–H groups in total. The van der Waals surface area contributed by atoms with Crippen molar-refractivity contribution < 1.29 is 13.2 Å². The molecular formula is C24H28N2O3S. The van der Waals surface area contributed by atoms with E-state index >= 15 is 0 Å². The van der Waals surface area contributed by atoms with Gasteiger partial charge in [-0.15, -0.1) is 0 Å². The lowest BCUT2D eigenvalue weighted by atomic mass is 10.0. The minimum atomic E-state index is -3.58. The van der Waals surface area contributed by atoms with Gasteiger partial charge in [-0.05, 0) is 60.1 Å². The Kier molecular flexibility index (Phi) is 6.58. The normalized spacial score (nSPS) is 12.9. The monoisotopic (exact) mass is 424 g/mol. The van der Waals surface area contributed by atoms with Gasteiger partial charge in [0, 0.05) is 6.04 Å². The number of sulfonamides is 1. The lowest BCUT2D eigenvalue weighted by Gasteiger charge is -2.14. The number of benzene rings is 1. The fraction of sp³-hybridized carbons (Fsp3) is 0.292. The first-order valence-electron chi connectivity index (χ1n) is 10.1. The average Bonchev–Trinajstić information content (AvgIpc) is 2.91. The summed E-state index contributed by atoms with van der Waals surface area (Å²) in [6, 6.07) is 18.0. The van der Waals surface area contributed by atoms with Crippen molar-refractivity contribution in [2.24, 2.45) is 5.73 Å². The van der Waals surface area contributed by atoms with E-state index in [2.05, 4.69) is 24.6 Å². The number of rotatable bonds is 8. The van der Waals surface area contributed by atoms with Gasteiger partial charge >= 0.3 is 0 Å². The highest BCUT2D eigenvalue weighted by molar-refractivity contribution is 7.89. The van der Waals surface area contributed by atoms with E-state index in [1.807, 2.05) is 31.2 Å². The Bertz CT molecular complexity index is 1110. The maximum Gasteiger partial charge on any atom is 0.249 e. The molecule has 0 aromatic heterocycles. The van der Waals surface area contributed by atoms with Crippen LogP contribution in [-0.4, -0.2) is 20.4 Å². The Morgan fingerprint density at radius 3 is 2.30 bits per heavy atom. The van der Waals surface area contributed by atoms with Crippen molar-refractivity contribution in [1.29, 1.82) is 0 Å². The minimum Gasteiger partial charge on any atom is -0.366 e. The maximum atomic E-state index is 12.5. The van der Waals surface area contributed by atoms with E-state index in [4.69, 9.17) is 5.73 Å². The van der Waals surface area contributed by atoms with Crippen molar-refractivity contribution in [2.75, 3.05) is 0 Å². The third kappa shape index (κ3) is 4.89. The van der Waals surface area contributed by atoms with Crippen LogP contribution in [0.2, 0.25) is 0 Å². The summed E-state index contributed by atoms with van der Waals surface area (Å²) in [5.41, 5.74) is 10.1. The van der Waals surface area contributed by atoms with E-state index in [1.54, 1.807) is 30.3 Å². The third-order valence-corrected chi connectivity index (χ3v) is 6.90. The molecule has 0 aliphatic heterocycles. The molecule has 0 saturated carbocycles. The third-order valence-electron chi connectivity index (χ3n) is 5.30. The number of nitrogens with two attached hydrogens (primary N) is 1. The summed E-state index contributed by atoms with van der Waals surface area (Å²) in [5, 5.41) is 0. The van der Waals surface area contributed by atoms with Crippen LogP contribution in [0.4, 0.5) is 0 Å². The molecule has 5 nitrogen and oxygen atoms in total. The lowest BCUT2D eigenvalue weighted by Crippen LogP contribution is -2.33. The number of aryl methyl sites for hydroxylation is 1. The number of fused-ring (bicyclic) bond motifs is 1. The highest BCUT2D eigenvalue weighted by Gasteiger charge is 2.21. The first kappa shape index (κ1) is 22.0. The fourth-order valence-corrected chi connectivity index (χ4v) is 4.93. The molecule has 0 fully saturated rings. The second-order valence-corrected chi connectivity index (χ2v) is 9.69. The minimum absolute atomic E-state index is 0.238. The Labute approximate surface area is 178 Å². The van der Waals surface area contributed by atoms with Crippen molar-refractivity contribution in [3.8, 4) is 11.1 Å². The second kappa shape index (κ2) is 8.98. The molecule has 1 aromatic rings. The summed E-state index contributed by atoms with van der Waals surface area (Å²) in [6.45, 7) is 6.07. The number of nitrogens with one attached hydrogen (secondary N) is 1. The molecule has 0 heterocycles. The molecule has 3 rings (SSSR count). The topological polar surface area (TPSA) is 89.3 Å². The number of carbonyl (C=O) groups is 1. The van der Waals surface area contributed by atoms with Crippen molar-refractivity contribution in [3.05, 3.63) is 77.4 Å². The number of primary amides is 1. The van der Waals surface area contributed by atoms with Gasteiger partial charge in [0.25, 0.3) is 0 Å². The average molecular weight is 425 g/mol. The molecule has 2 aliphatic carbocycles. The zero-order chi connectivity index (χ0) is 21.9. The van der Waals surface area contributed by atoms with Gasteiger partial charge in [-0.2, -0.15) is 0 Å². The summed E-state index contributed by atoms with van der Waals surface area (Å²) in [5.74, 6) is -0.0775. The van der Waals surface area contributed by atoms with Gasteiger partial charge in [0.1, 0.15) is 0 Å². The second-order valence-electron chi connectivity index (χ2n) is 7.97. The van der Waals surface area contributed by atoms with Crippen molar-refractivity contribution in [2.45, 2.75) is 50.5 Å². The summed E-state index contributed by atoms with van der Waals surface area (Å²) >= 11 is 0. The molecule has 1 unspecified atom stereocenters. The standard InChI is InChI=1S/C24H28N2O3S/c1-16(2)18-11-12-19-15-20(23(24(25)27)22(19)14-13-18)10-9-17(3)26-30(28,29)21-7-5-4-6-8-21/h4-8,11-17,26H,9-10H2,1-3H3,(H2,25,27). The molecule has 1 aromatic carbocycles. The molecule has 0 saturated heterocycles. The van der Waals surface area contributed by atoms with Gasteiger partial charge in [-0.1, -0.05) is 62.4 Å². The maximum absolute atomic E-state index is 12.5. The van der Waals surface area contributed by atoms with Crippen LogP contribution in [0.15, 0.2) is 65.6 Å². The van der Waals surface area contributed by atoms with E-state index in [9.17, 15) is 13.2 Å². The summed E-state index contributed by atoms with van der Waals surface area (Å²) < 4.78 is 27.7. The Morgan fingerprint density at radius 1 is 1.00 bits per heavy atom. The van der Waals surface area contributed by atoms with Gasteiger partial charge in [0.2, 0.25) is 15.9 Å². The Balaban J connectivity index is 1.80. The quantitative estimate of drug-likeness (QED) is 0.564. The predicted octanol–water partition coefficient (Wildman–Crippen LogP) is 4.31. The van der Waals surface area contributed by atoms with Crippen LogP contribution in [0.5, 0.6) is 0 Å². The van der Waals surface area contributed by atoms with Crippen LogP contribution in [0.1, 0.15) is 54.6 Å². The van der Waals surface area contributed by atoms with Gasteiger partial charge in [0.05, 0.1) is 10.5 Å². The fourth-order valence-electron chi connectivity index (χ4n) is 3.63. The smallest absolute Gasteiger partial charge is 0.249 e. The van der Waals surface area contributed by atoms with Gasteiger partial charge in [-0.25, -0.2) is 13.1 Å². The number of carbonyl (C=O) groups excluding carboxylic acids is 1. The SMILES string of the molecule is CC(CCc1cc2ccc(C(C)C)ccc-2c1C(N)=O)NS(=O)(=O)c1ccccc1. The van der Waals surface area contributed by atoms with Crippen LogP contribution < -0.4 is 10.5 Å². The van der Waals surface area contributed by atoms with Crippen molar-refractivity contribution >= 4 is 15.9 Å². The molecule has 2 aliphatic rings. The van der Waals surface area contributed by atoms with Crippen LogP contribution in [0.25, 0.3) is 11.1 Å². The van der Waals surface area contributed by atoms with E-state index < -0.39 is 15.9 Å². The van der Waals surface area contributed by atoms with Gasteiger partial charge in [0.15, 0.2) is 0 Å². The summed E-state index contributed by atoms with van der Waals surface area (Å²) in [4.78, 5) is 12.4. The van der Waals surface area contributed by atoms with Crippen LogP contribution in [0.3, 0.4) is 0 Å². The van der Waals surface area contributed by atoms with Gasteiger partial charge in [-0.3, -0.25) is 4.79 Å². The summed E-state index contributed by atoms with van der Waals surface area (Å²) in [6.07, 6.45) is 1.10. The number of amides is 1. The molecule has 0 radical (unpaired) electrons. The largest absolute Gasteiger partial charge is 0.366 e. The van der Waals surface area contributed by atoms with Crippen molar-refractivity contribution in [1.82, 2.24) is 4.72 Å². The molecule has 158 valence electrons. The van der Waals surface area contributed by atoms with Crippen LogP contribution in [-0.2, 0) is 16.4 Å². The Morgan fingerprint density at radius 2 is 1.67 bits per heavy atom. The highest BCUT2D eigenvalue weighted by atomic mass is 32.2. The molecule has 0 bridgehead atoms. The molecule has 1 atom stereocenters. The molecule has 1 amide bonds. The van der Waals surface area contributed by atoms with Gasteiger partial charge < -0.3 is 5.73 Å². The first-order chi connectivity index (χ1) is 14.2. The molecule has 6 heteroatoms. The predicted molar refractivity (Wildman–Crippen MR) is 120 cm³/mol. The van der Waals surface area contributed by atoms with E-state index in [-0.39, 0.29) is 10.9 Å². The Hall–Kier alpha value is -2.70. The highest BCUT2D eigenvalue weighted by Crippen LogP contribution is 2.33. The number of hydrogen-bond acceptors (Lipinski definition) is 3. The van der Waals surface area contributed by atoms with Crippen LogP contribution in [0, 0.1) is 0 Å². The van der Waals surface area contributed by atoms with Crippen molar-refractivity contribution in [3.63, 3.8) is 0 Å². The van der Waals surface area contributed by atoms with Crippen LogP contribution >= 0.6 is 0 Å². The number of hydrogen-bond donors (Lipinski definition) is 2. The zero-order valence-electron chi connectivity index (χ0n) is 17.6. The van der Waals surface area contributed by atoms with E-state index in [0.717, 1.165) is 16.7 Å². The zero-order valence-corrected chi connectivity index (χ0v) is 18.4. The molecule has 30 heavy (non-hydrogen) atoms. The summed E-state index contributed by atoms with van der Waals surface area (Å²) in [7, 11) is -3.58. The molecule has 0 spiro atoms. The lowest BCUT2D eigenvalue weighted by molar-refractivity contribution is 0.100.